The third kappa shape index (κ3) is 6.17. The van der Waals surface area contributed by atoms with E-state index in [-0.39, 0.29) is 30.2 Å². The molecule has 0 bridgehead atoms. The largest absolute Gasteiger partial charge is 0.483 e. The average molecular weight is 355 g/mol. The number of amides is 1. The second kappa shape index (κ2) is 9.75. The molecule has 2 rings (SSSR count). The van der Waals surface area contributed by atoms with Gasteiger partial charge in [-0.05, 0) is 12.8 Å². The summed E-state index contributed by atoms with van der Waals surface area (Å²) in [5, 5.41) is 10.1. The van der Waals surface area contributed by atoms with Crippen molar-refractivity contribution < 1.29 is 19.1 Å². The highest BCUT2D eigenvalue weighted by atomic mass is 19.1. The predicted octanol–water partition coefficient (Wildman–Crippen LogP) is 1.44. The van der Waals surface area contributed by atoms with Crippen LogP contribution >= 0.6 is 0 Å². The Morgan fingerprint density at radius 3 is 2.72 bits per heavy atom. The summed E-state index contributed by atoms with van der Waals surface area (Å²) in [5.74, 6) is 0.370. The van der Waals surface area contributed by atoms with Crippen molar-refractivity contribution in [3.63, 3.8) is 0 Å². The van der Waals surface area contributed by atoms with E-state index in [4.69, 9.17) is 9.90 Å². The Morgan fingerprint density at radius 1 is 1.52 bits per heavy atom. The Kier molecular flexibility index (Phi) is 8.03. The van der Waals surface area contributed by atoms with Crippen molar-refractivity contribution in [1.29, 1.82) is 0 Å². The van der Waals surface area contributed by atoms with Crippen LogP contribution in [0.2, 0.25) is 0 Å². The van der Waals surface area contributed by atoms with E-state index < -0.39 is 5.82 Å². The zero-order chi connectivity index (χ0) is 19.0. The Hall–Kier alpha value is -2.45. The Labute approximate surface area is 147 Å². The molecular weight excluding hydrogens is 329 g/mol. The molecule has 2 heterocycles. The van der Waals surface area contributed by atoms with E-state index in [0.29, 0.717) is 12.5 Å². The molecule has 2 N–H and O–H groups in total. The molecule has 0 spiro atoms. The molecule has 1 unspecified atom stereocenters. The van der Waals surface area contributed by atoms with Crippen LogP contribution in [0.4, 0.5) is 16.2 Å². The number of hydrogen-bond donors (Lipinski definition) is 2. The summed E-state index contributed by atoms with van der Waals surface area (Å²) in [5.41, 5.74) is 0. The van der Waals surface area contributed by atoms with Crippen LogP contribution in [0.15, 0.2) is 6.20 Å². The van der Waals surface area contributed by atoms with E-state index in [9.17, 15) is 9.18 Å². The molecule has 0 saturated carbocycles. The summed E-state index contributed by atoms with van der Waals surface area (Å²) in [7, 11) is 3.47. The van der Waals surface area contributed by atoms with E-state index >= 15 is 0 Å². The van der Waals surface area contributed by atoms with E-state index in [1.54, 1.807) is 19.0 Å². The first kappa shape index (κ1) is 20.6. The highest BCUT2D eigenvalue weighted by Gasteiger charge is 2.25. The number of likely N-dealkylation sites (tertiary alicyclic amines) is 1. The van der Waals surface area contributed by atoms with E-state index in [1.165, 1.54) is 6.20 Å². The molecule has 1 aliphatic rings. The summed E-state index contributed by atoms with van der Waals surface area (Å²) >= 11 is 0. The van der Waals surface area contributed by atoms with Crippen LogP contribution in [-0.4, -0.2) is 65.6 Å². The number of anilines is 2. The summed E-state index contributed by atoms with van der Waals surface area (Å²) in [6, 6.07) is 0.0944. The Morgan fingerprint density at radius 2 is 2.16 bits per heavy atom. The van der Waals surface area contributed by atoms with E-state index in [0.717, 1.165) is 19.4 Å². The summed E-state index contributed by atoms with van der Waals surface area (Å²) in [6.07, 6.45) is 3.06. The van der Waals surface area contributed by atoms with Crippen LogP contribution in [0.1, 0.15) is 26.7 Å². The lowest BCUT2D eigenvalue weighted by Crippen LogP contribution is -2.46. The molecule has 1 fully saturated rings. The molecule has 0 aliphatic carbocycles. The van der Waals surface area contributed by atoms with Crippen LogP contribution in [-0.2, 0) is 9.59 Å². The quantitative estimate of drug-likeness (QED) is 0.789. The van der Waals surface area contributed by atoms with Gasteiger partial charge in [-0.1, -0.05) is 13.8 Å². The van der Waals surface area contributed by atoms with Crippen LogP contribution < -0.4 is 10.2 Å². The number of carboxylic acid groups (broad SMARTS) is 1. The second-order valence-electron chi connectivity index (χ2n) is 6.29. The van der Waals surface area contributed by atoms with Crippen LogP contribution in [0.5, 0.6) is 0 Å². The van der Waals surface area contributed by atoms with Gasteiger partial charge in [-0.2, -0.15) is 4.98 Å². The van der Waals surface area contributed by atoms with Gasteiger partial charge in [0.2, 0.25) is 11.9 Å². The number of carbonyl (C=O) groups is 2. The van der Waals surface area contributed by atoms with Crippen molar-refractivity contribution >= 4 is 24.1 Å². The summed E-state index contributed by atoms with van der Waals surface area (Å²) in [6.45, 7) is 5.00. The summed E-state index contributed by atoms with van der Waals surface area (Å²) < 4.78 is 13.6. The van der Waals surface area contributed by atoms with Gasteiger partial charge in [0, 0.05) is 39.1 Å². The Bertz CT molecular complexity index is 583. The van der Waals surface area contributed by atoms with Gasteiger partial charge < -0.3 is 20.2 Å². The molecule has 1 aromatic heterocycles. The maximum absolute atomic E-state index is 13.6. The van der Waals surface area contributed by atoms with Gasteiger partial charge in [0.15, 0.2) is 11.6 Å². The molecule has 1 aliphatic heterocycles. The highest BCUT2D eigenvalue weighted by Crippen LogP contribution is 2.18. The molecule has 1 atom stereocenters. The van der Waals surface area contributed by atoms with Crippen LogP contribution in [0.25, 0.3) is 0 Å². The molecule has 8 nitrogen and oxygen atoms in total. The lowest BCUT2D eigenvalue weighted by atomic mass is 10.0. The fourth-order valence-electron chi connectivity index (χ4n) is 2.58. The van der Waals surface area contributed by atoms with Crippen LogP contribution in [0.3, 0.4) is 0 Å². The van der Waals surface area contributed by atoms with Gasteiger partial charge in [-0.15, -0.1) is 0 Å². The molecule has 1 amide bonds. The monoisotopic (exact) mass is 355 g/mol. The van der Waals surface area contributed by atoms with Crippen molar-refractivity contribution in [2.75, 3.05) is 37.4 Å². The molecule has 0 radical (unpaired) electrons. The maximum Gasteiger partial charge on any atom is 0.290 e. The zero-order valence-corrected chi connectivity index (χ0v) is 15.1. The fraction of sp³-hybridized carbons (Fsp3) is 0.625. The minimum Gasteiger partial charge on any atom is -0.483 e. The van der Waals surface area contributed by atoms with E-state index in [2.05, 4.69) is 15.3 Å². The van der Waals surface area contributed by atoms with Crippen molar-refractivity contribution in [3.8, 4) is 0 Å². The third-order valence-corrected chi connectivity index (χ3v) is 3.71. The first-order chi connectivity index (χ1) is 11.8. The first-order valence-corrected chi connectivity index (χ1v) is 8.13. The van der Waals surface area contributed by atoms with Crippen LogP contribution in [0, 0.1) is 11.7 Å². The Balaban J connectivity index is 0.000000970. The number of aromatic nitrogens is 2. The molecule has 140 valence electrons. The summed E-state index contributed by atoms with van der Waals surface area (Å²) in [4.78, 5) is 32.1. The number of rotatable bonds is 4. The van der Waals surface area contributed by atoms with Gasteiger partial charge in [0.25, 0.3) is 6.47 Å². The van der Waals surface area contributed by atoms with Gasteiger partial charge >= 0.3 is 0 Å². The second-order valence-corrected chi connectivity index (χ2v) is 6.29. The molecule has 1 aromatic rings. The number of hydrogen-bond acceptors (Lipinski definition) is 6. The lowest BCUT2D eigenvalue weighted by Gasteiger charge is -2.34. The number of carbonyl (C=O) groups excluding carboxylic acids is 1. The maximum atomic E-state index is 13.6. The van der Waals surface area contributed by atoms with Gasteiger partial charge in [-0.25, -0.2) is 9.37 Å². The molecule has 9 heteroatoms. The minimum absolute atomic E-state index is 0.00108. The van der Waals surface area contributed by atoms with Gasteiger partial charge in [-0.3, -0.25) is 9.59 Å². The standard InChI is InChI=1S/C15H24FN5O.CH2O2/c1-10(2)14(22)21-7-5-6-11(9-21)18-15-17-8-12(16)13(19-15)20(3)4;2-1-3/h8,10-11H,5-7,9H2,1-4H3,(H,17,18,19);1H,(H,2,3). The van der Waals surface area contributed by atoms with Crippen molar-refractivity contribution in [2.45, 2.75) is 32.7 Å². The van der Waals surface area contributed by atoms with Gasteiger partial charge in [0.05, 0.1) is 6.20 Å². The number of nitrogens with zero attached hydrogens (tertiary/aromatic N) is 4. The zero-order valence-electron chi connectivity index (χ0n) is 15.1. The van der Waals surface area contributed by atoms with Crippen molar-refractivity contribution in [2.24, 2.45) is 5.92 Å². The smallest absolute Gasteiger partial charge is 0.290 e. The predicted molar refractivity (Wildman–Crippen MR) is 93.1 cm³/mol. The number of halogens is 1. The topological polar surface area (TPSA) is 98.7 Å². The average Bonchev–Trinajstić information content (AvgIpc) is 2.56. The van der Waals surface area contributed by atoms with Crippen molar-refractivity contribution in [3.05, 3.63) is 12.0 Å². The molecular formula is C16H26FN5O3. The SMILES string of the molecule is CC(C)C(=O)N1CCCC(Nc2ncc(F)c(N(C)C)n2)C1.O=CO. The van der Waals surface area contributed by atoms with E-state index in [1.807, 2.05) is 18.7 Å². The number of nitrogens with one attached hydrogen (secondary N) is 1. The highest BCUT2D eigenvalue weighted by molar-refractivity contribution is 5.78. The lowest BCUT2D eigenvalue weighted by molar-refractivity contribution is -0.135. The fourth-order valence-corrected chi connectivity index (χ4v) is 2.58. The molecule has 1 saturated heterocycles. The molecule has 25 heavy (non-hydrogen) atoms. The normalized spacial score (nSPS) is 16.7. The van der Waals surface area contributed by atoms with Gasteiger partial charge in [0.1, 0.15) is 0 Å². The number of piperidine rings is 1. The molecule has 0 aromatic carbocycles. The minimum atomic E-state index is -0.448. The first-order valence-electron chi connectivity index (χ1n) is 8.13. The van der Waals surface area contributed by atoms with Crippen molar-refractivity contribution in [1.82, 2.24) is 14.9 Å². The third-order valence-electron chi connectivity index (χ3n) is 3.71.